The average molecular weight is 452 g/mol. The molecule has 0 radical (unpaired) electrons. The molecule has 0 aliphatic carbocycles. The van der Waals surface area contributed by atoms with Gasteiger partial charge >= 0.3 is 0 Å². The van der Waals surface area contributed by atoms with E-state index in [2.05, 4.69) is 31.4 Å². The molecule has 0 atom stereocenters. The standard InChI is InChI=1S/C24H20N8O2/c1-14-3-8-22(31-28-14)34-17-5-6-20-18(11-17)26-13-32(20)21-7-4-16(9-10-33)24(27-21)23-15(2)29-30-19(23)12-25/h3-8,11,13,33H,9-10H2,1-2H3,(H,29,30). The van der Waals surface area contributed by atoms with Crippen molar-refractivity contribution >= 4 is 11.0 Å². The number of aliphatic hydroxyl groups is 1. The second-order valence-electron chi connectivity index (χ2n) is 7.71. The van der Waals surface area contributed by atoms with E-state index < -0.39 is 0 Å². The summed E-state index contributed by atoms with van der Waals surface area (Å²) >= 11 is 0. The van der Waals surface area contributed by atoms with Crippen LogP contribution < -0.4 is 4.74 Å². The van der Waals surface area contributed by atoms with Gasteiger partial charge in [0, 0.05) is 24.4 Å². The second-order valence-corrected chi connectivity index (χ2v) is 7.71. The van der Waals surface area contributed by atoms with Gasteiger partial charge in [-0.25, -0.2) is 9.97 Å². The maximum atomic E-state index is 9.53. The molecular formula is C24H20N8O2. The lowest BCUT2D eigenvalue weighted by atomic mass is 10.0. The highest BCUT2D eigenvalue weighted by molar-refractivity contribution is 5.79. The Morgan fingerprint density at radius 1 is 1.12 bits per heavy atom. The Morgan fingerprint density at radius 3 is 2.76 bits per heavy atom. The van der Waals surface area contributed by atoms with Crippen LogP contribution in [0.25, 0.3) is 28.1 Å². The van der Waals surface area contributed by atoms with E-state index in [1.165, 1.54) is 0 Å². The zero-order chi connectivity index (χ0) is 23.7. The molecule has 4 aromatic heterocycles. The minimum absolute atomic E-state index is 0.0328. The molecule has 0 aliphatic rings. The number of fused-ring (bicyclic) bond motifs is 1. The van der Waals surface area contributed by atoms with Gasteiger partial charge in [0.15, 0.2) is 5.69 Å². The maximum Gasteiger partial charge on any atom is 0.238 e. The van der Waals surface area contributed by atoms with E-state index in [0.29, 0.717) is 35.1 Å². The number of aryl methyl sites for hydroxylation is 2. The van der Waals surface area contributed by atoms with E-state index in [9.17, 15) is 10.4 Å². The highest BCUT2D eigenvalue weighted by Gasteiger charge is 2.19. The molecule has 4 heterocycles. The second kappa shape index (κ2) is 8.73. The molecule has 5 aromatic rings. The summed E-state index contributed by atoms with van der Waals surface area (Å²) in [7, 11) is 0. The quantitative estimate of drug-likeness (QED) is 0.400. The monoisotopic (exact) mass is 452 g/mol. The fourth-order valence-electron chi connectivity index (χ4n) is 3.75. The number of aliphatic hydroxyl groups excluding tert-OH is 1. The molecule has 168 valence electrons. The van der Waals surface area contributed by atoms with Crippen LogP contribution in [0.15, 0.2) is 48.8 Å². The van der Waals surface area contributed by atoms with Crippen molar-refractivity contribution in [3.8, 4) is 34.8 Å². The molecule has 0 amide bonds. The first-order valence-electron chi connectivity index (χ1n) is 10.6. The fraction of sp³-hybridized carbons (Fsp3) is 0.167. The van der Waals surface area contributed by atoms with Crippen molar-refractivity contribution in [2.75, 3.05) is 6.61 Å². The molecule has 0 unspecified atom stereocenters. The van der Waals surface area contributed by atoms with E-state index in [0.717, 1.165) is 28.0 Å². The van der Waals surface area contributed by atoms with Crippen LogP contribution in [0.1, 0.15) is 22.6 Å². The van der Waals surface area contributed by atoms with E-state index in [1.54, 1.807) is 12.4 Å². The van der Waals surface area contributed by atoms with Crippen molar-refractivity contribution in [2.45, 2.75) is 20.3 Å². The van der Waals surface area contributed by atoms with Gasteiger partial charge in [-0.1, -0.05) is 6.07 Å². The first-order chi connectivity index (χ1) is 16.6. The van der Waals surface area contributed by atoms with E-state index in [4.69, 9.17) is 9.72 Å². The van der Waals surface area contributed by atoms with Crippen LogP contribution in [-0.2, 0) is 6.42 Å². The van der Waals surface area contributed by atoms with Crippen molar-refractivity contribution in [1.29, 1.82) is 5.26 Å². The number of hydrogen-bond acceptors (Lipinski definition) is 8. The van der Waals surface area contributed by atoms with Gasteiger partial charge in [-0.2, -0.15) is 15.5 Å². The van der Waals surface area contributed by atoms with Crippen LogP contribution >= 0.6 is 0 Å². The van der Waals surface area contributed by atoms with E-state index >= 15 is 0 Å². The van der Waals surface area contributed by atoms with E-state index in [-0.39, 0.29) is 12.3 Å². The predicted molar refractivity (Wildman–Crippen MR) is 124 cm³/mol. The third kappa shape index (κ3) is 3.85. The molecule has 1 aromatic carbocycles. The number of aromatic nitrogens is 7. The van der Waals surface area contributed by atoms with Crippen LogP contribution in [0.4, 0.5) is 0 Å². The summed E-state index contributed by atoms with van der Waals surface area (Å²) in [6, 6.07) is 15.0. The summed E-state index contributed by atoms with van der Waals surface area (Å²) in [4.78, 5) is 9.36. The Balaban J connectivity index is 1.55. The van der Waals surface area contributed by atoms with Crippen molar-refractivity contribution in [3.63, 3.8) is 0 Å². The van der Waals surface area contributed by atoms with Gasteiger partial charge in [0.1, 0.15) is 24.0 Å². The molecular weight excluding hydrogens is 432 g/mol. The third-order valence-electron chi connectivity index (χ3n) is 5.40. The Bertz CT molecular complexity index is 1530. The van der Waals surface area contributed by atoms with E-state index in [1.807, 2.05) is 54.8 Å². The number of nitriles is 1. The summed E-state index contributed by atoms with van der Waals surface area (Å²) in [5, 5.41) is 34.0. The maximum absolute atomic E-state index is 9.53. The van der Waals surface area contributed by atoms with Crippen LogP contribution in [0.3, 0.4) is 0 Å². The number of nitrogens with zero attached hydrogens (tertiary/aromatic N) is 7. The number of hydrogen-bond donors (Lipinski definition) is 2. The topological polar surface area (TPSA) is 138 Å². The van der Waals surface area contributed by atoms with Gasteiger partial charge < -0.3 is 9.84 Å². The molecule has 10 nitrogen and oxygen atoms in total. The normalized spacial score (nSPS) is 11.0. The number of benzene rings is 1. The summed E-state index contributed by atoms with van der Waals surface area (Å²) in [5.74, 6) is 1.62. The van der Waals surface area contributed by atoms with Crippen molar-refractivity contribution in [1.82, 2.24) is 34.9 Å². The molecule has 34 heavy (non-hydrogen) atoms. The minimum Gasteiger partial charge on any atom is -0.437 e. The van der Waals surface area contributed by atoms with Crippen LogP contribution in [-0.4, -0.2) is 46.6 Å². The fourth-order valence-corrected chi connectivity index (χ4v) is 3.75. The molecule has 2 N–H and O–H groups in total. The van der Waals surface area contributed by atoms with Crippen molar-refractivity contribution < 1.29 is 9.84 Å². The van der Waals surface area contributed by atoms with Crippen LogP contribution in [0.5, 0.6) is 11.6 Å². The highest BCUT2D eigenvalue weighted by atomic mass is 16.5. The number of ether oxygens (including phenoxy) is 1. The van der Waals surface area contributed by atoms with Gasteiger partial charge in [0.2, 0.25) is 5.88 Å². The predicted octanol–water partition coefficient (Wildman–Crippen LogP) is 3.42. The highest BCUT2D eigenvalue weighted by Crippen LogP contribution is 2.30. The summed E-state index contributed by atoms with van der Waals surface area (Å²) in [6.07, 6.45) is 2.09. The lowest BCUT2D eigenvalue weighted by Gasteiger charge is -2.11. The zero-order valence-corrected chi connectivity index (χ0v) is 18.5. The molecule has 5 rings (SSSR count). The van der Waals surface area contributed by atoms with Gasteiger partial charge in [-0.3, -0.25) is 9.67 Å². The molecule has 0 saturated heterocycles. The SMILES string of the molecule is Cc1ccc(Oc2ccc3c(c2)ncn3-c2ccc(CCO)c(-c3c(C#N)n[nH]c3C)n2)nn1. The number of pyridine rings is 1. The summed E-state index contributed by atoms with van der Waals surface area (Å²) < 4.78 is 7.66. The van der Waals surface area contributed by atoms with Crippen molar-refractivity contribution in [3.05, 3.63) is 71.4 Å². The van der Waals surface area contributed by atoms with Crippen molar-refractivity contribution in [2.24, 2.45) is 0 Å². The van der Waals surface area contributed by atoms with Gasteiger partial charge in [-0.05, 0) is 50.1 Å². The Morgan fingerprint density at radius 2 is 2.00 bits per heavy atom. The first kappa shape index (κ1) is 21.2. The molecule has 10 heteroatoms. The van der Waals surface area contributed by atoms with Gasteiger partial charge in [0.25, 0.3) is 0 Å². The number of nitrogens with one attached hydrogen (secondary N) is 1. The lowest BCUT2D eigenvalue weighted by molar-refractivity contribution is 0.299. The number of rotatable bonds is 6. The molecule has 0 bridgehead atoms. The van der Waals surface area contributed by atoms with Crippen LogP contribution in [0.2, 0.25) is 0 Å². The van der Waals surface area contributed by atoms with Crippen LogP contribution in [0, 0.1) is 25.2 Å². The molecule has 0 fully saturated rings. The molecule has 0 saturated carbocycles. The average Bonchev–Trinajstić information content (AvgIpc) is 3.44. The Labute approximate surface area is 194 Å². The van der Waals surface area contributed by atoms with Gasteiger partial charge in [0.05, 0.1) is 28.0 Å². The molecule has 0 aliphatic heterocycles. The zero-order valence-electron chi connectivity index (χ0n) is 18.5. The Hall–Kier alpha value is -4.62. The largest absolute Gasteiger partial charge is 0.437 e. The lowest BCUT2D eigenvalue weighted by Crippen LogP contribution is -2.03. The van der Waals surface area contributed by atoms with Gasteiger partial charge in [-0.15, -0.1) is 5.10 Å². The summed E-state index contributed by atoms with van der Waals surface area (Å²) in [5.41, 5.74) is 5.42. The minimum atomic E-state index is -0.0328. The number of H-pyrrole nitrogens is 1. The number of aromatic amines is 1. The summed E-state index contributed by atoms with van der Waals surface area (Å²) in [6.45, 7) is 3.67. The Kier molecular flexibility index (Phi) is 5.45. The third-order valence-corrected chi connectivity index (χ3v) is 5.40. The molecule has 0 spiro atoms. The number of imidazole rings is 1. The smallest absolute Gasteiger partial charge is 0.238 e. The first-order valence-corrected chi connectivity index (χ1v) is 10.6.